The minimum Gasteiger partial charge on any atom is -0.480 e. The van der Waals surface area contributed by atoms with E-state index in [0.29, 0.717) is 12.5 Å². The van der Waals surface area contributed by atoms with E-state index in [-0.39, 0.29) is 10.8 Å². The van der Waals surface area contributed by atoms with E-state index in [1.807, 2.05) is 0 Å². The first-order valence-electron chi connectivity index (χ1n) is 6.12. The third kappa shape index (κ3) is 4.17. The van der Waals surface area contributed by atoms with Crippen molar-refractivity contribution in [2.75, 3.05) is 6.61 Å². The summed E-state index contributed by atoms with van der Waals surface area (Å²) >= 11 is 0. The Hall–Kier alpha value is -1.67. The van der Waals surface area contributed by atoms with Gasteiger partial charge in [-0.25, -0.2) is 13.4 Å². The van der Waals surface area contributed by atoms with Gasteiger partial charge in [-0.15, -0.1) is 0 Å². The molecule has 0 aromatic carbocycles. The Morgan fingerprint density at radius 1 is 1.45 bits per heavy atom. The second kappa shape index (κ2) is 6.67. The van der Waals surface area contributed by atoms with Gasteiger partial charge in [-0.1, -0.05) is 13.8 Å². The van der Waals surface area contributed by atoms with Crippen molar-refractivity contribution in [2.24, 2.45) is 5.92 Å². The van der Waals surface area contributed by atoms with Crippen molar-refractivity contribution in [3.05, 3.63) is 18.3 Å². The van der Waals surface area contributed by atoms with Crippen molar-refractivity contribution >= 4 is 16.0 Å². The number of sulfonamides is 1. The zero-order valence-electron chi connectivity index (χ0n) is 11.5. The van der Waals surface area contributed by atoms with Crippen LogP contribution in [-0.4, -0.2) is 37.1 Å². The van der Waals surface area contributed by atoms with E-state index in [4.69, 9.17) is 9.84 Å². The fraction of sp³-hybridized carbons (Fsp3) is 0.500. The Bertz CT molecular complexity index is 554. The predicted octanol–water partition coefficient (Wildman–Crippen LogP) is 0.868. The molecule has 1 aromatic rings. The molecule has 0 aliphatic carbocycles. The van der Waals surface area contributed by atoms with Crippen LogP contribution in [0.5, 0.6) is 5.88 Å². The van der Waals surface area contributed by atoms with E-state index in [9.17, 15) is 13.2 Å². The van der Waals surface area contributed by atoms with Crippen molar-refractivity contribution in [1.82, 2.24) is 9.71 Å². The van der Waals surface area contributed by atoms with Crippen LogP contribution in [0.3, 0.4) is 0 Å². The third-order valence-corrected chi connectivity index (χ3v) is 3.95. The summed E-state index contributed by atoms with van der Waals surface area (Å²) in [6.45, 7) is 5.45. The van der Waals surface area contributed by atoms with E-state index in [0.717, 1.165) is 6.20 Å². The van der Waals surface area contributed by atoms with Crippen LogP contribution >= 0.6 is 0 Å². The first kappa shape index (κ1) is 16.4. The molecule has 1 atom stereocenters. The first-order chi connectivity index (χ1) is 9.27. The monoisotopic (exact) mass is 302 g/mol. The highest BCUT2D eigenvalue weighted by molar-refractivity contribution is 7.89. The van der Waals surface area contributed by atoms with E-state index in [1.54, 1.807) is 20.8 Å². The van der Waals surface area contributed by atoms with Gasteiger partial charge in [0.1, 0.15) is 10.9 Å². The van der Waals surface area contributed by atoms with Crippen molar-refractivity contribution in [1.29, 1.82) is 0 Å². The lowest BCUT2D eigenvalue weighted by Gasteiger charge is -2.17. The van der Waals surface area contributed by atoms with Crippen LogP contribution in [0.2, 0.25) is 0 Å². The second-order valence-electron chi connectivity index (χ2n) is 4.45. The van der Waals surface area contributed by atoms with Crippen LogP contribution in [0, 0.1) is 5.92 Å². The number of hydrogen-bond acceptors (Lipinski definition) is 5. The molecule has 0 amide bonds. The number of pyridine rings is 1. The Kier molecular flexibility index (Phi) is 5.46. The third-order valence-electron chi connectivity index (χ3n) is 2.53. The van der Waals surface area contributed by atoms with Crippen molar-refractivity contribution in [2.45, 2.75) is 31.7 Å². The van der Waals surface area contributed by atoms with Crippen LogP contribution < -0.4 is 9.46 Å². The number of hydrogen-bond donors (Lipinski definition) is 2. The van der Waals surface area contributed by atoms with E-state index >= 15 is 0 Å². The van der Waals surface area contributed by atoms with Gasteiger partial charge in [-0.2, -0.15) is 4.72 Å². The number of ether oxygens (including phenoxy) is 1. The maximum atomic E-state index is 12.1. The molecular weight excluding hydrogens is 284 g/mol. The molecule has 112 valence electrons. The highest BCUT2D eigenvalue weighted by Gasteiger charge is 2.28. The van der Waals surface area contributed by atoms with Crippen LogP contribution in [0.1, 0.15) is 20.8 Å². The molecule has 0 bridgehead atoms. The second-order valence-corrected chi connectivity index (χ2v) is 6.16. The van der Waals surface area contributed by atoms with E-state index in [2.05, 4.69) is 9.71 Å². The molecule has 1 unspecified atom stereocenters. The number of carbonyl (C=O) groups is 1. The number of aliphatic carboxylic acids is 1. The molecule has 0 radical (unpaired) electrons. The van der Waals surface area contributed by atoms with Crippen molar-refractivity contribution in [3.8, 4) is 5.88 Å². The number of carboxylic acids is 1. The standard InChI is InChI=1S/C12H18N2O5S/c1-4-19-10-6-5-9(7-13-10)20(17,18)14-11(8(2)3)12(15)16/h5-8,11,14H,4H2,1-3H3,(H,15,16). The first-order valence-corrected chi connectivity index (χ1v) is 7.60. The summed E-state index contributed by atoms with van der Waals surface area (Å²) in [6.07, 6.45) is 1.13. The van der Waals surface area contributed by atoms with Crippen molar-refractivity contribution < 1.29 is 23.1 Å². The minimum atomic E-state index is -3.93. The number of carboxylic acid groups (broad SMARTS) is 1. The minimum absolute atomic E-state index is 0.104. The molecule has 0 fully saturated rings. The predicted molar refractivity (Wildman–Crippen MR) is 72.0 cm³/mol. The Morgan fingerprint density at radius 3 is 2.50 bits per heavy atom. The summed E-state index contributed by atoms with van der Waals surface area (Å²) < 4.78 is 31.4. The van der Waals surface area contributed by atoms with Gasteiger partial charge in [0.2, 0.25) is 15.9 Å². The molecule has 1 aromatic heterocycles. The Balaban J connectivity index is 2.95. The summed E-state index contributed by atoms with van der Waals surface area (Å²) in [7, 11) is -3.93. The molecule has 0 saturated carbocycles. The Labute approximate surface area is 118 Å². The lowest BCUT2D eigenvalue weighted by molar-refractivity contribution is -0.140. The molecule has 0 aliphatic rings. The van der Waals surface area contributed by atoms with Gasteiger partial charge in [0.05, 0.1) is 12.8 Å². The maximum absolute atomic E-state index is 12.1. The van der Waals surface area contributed by atoms with Gasteiger partial charge in [0.25, 0.3) is 0 Å². The van der Waals surface area contributed by atoms with Gasteiger partial charge in [0.15, 0.2) is 0 Å². The average molecular weight is 302 g/mol. The normalized spacial score (nSPS) is 13.2. The highest BCUT2D eigenvalue weighted by atomic mass is 32.2. The van der Waals surface area contributed by atoms with Gasteiger partial charge < -0.3 is 9.84 Å². The molecule has 8 heteroatoms. The smallest absolute Gasteiger partial charge is 0.322 e. The fourth-order valence-corrected chi connectivity index (χ4v) is 2.75. The molecule has 7 nitrogen and oxygen atoms in total. The molecule has 1 rings (SSSR count). The number of rotatable bonds is 7. The molecule has 0 saturated heterocycles. The lowest BCUT2D eigenvalue weighted by Crippen LogP contribution is -2.44. The molecule has 1 heterocycles. The maximum Gasteiger partial charge on any atom is 0.322 e. The molecular formula is C12H18N2O5S. The molecule has 0 spiro atoms. The fourth-order valence-electron chi connectivity index (χ4n) is 1.47. The van der Waals surface area contributed by atoms with Crippen LogP contribution in [-0.2, 0) is 14.8 Å². The SMILES string of the molecule is CCOc1ccc(S(=O)(=O)NC(C(=O)O)C(C)C)cn1. The zero-order chi connectivity index (χ0) is 15.3. The largest absolute Gasteiger partial charge is 0.480 e. The average Bonchev–Trinajstić information content (AvgIpc) is 2.36. The number of aromatic nitrogens is 1. The molecule has 2 N–H and O–H groups in total. The van der Waals surface area contributed by atoms with Crippen LogP contribution in [0.25, 0.3) is 0 Å². The summed E-state index contributed by atoms with van der Waals surface area (Å²) in [6, 6.07) is 1.55. The lowest BCUT2D eigenvalue weighted by atomic mass is 10.1. The quantitative estimate of drug-likeness (QED) is 0.774. The van der Waals surface area contributed by atoms with Crippen LogP contribution in [0.15, 0.2) is 23.2 Å². The number of nitrogens with one attached hydrogen (secondary N) is 1. The summed E-state index contributed by atoms with van der Waals surface area (Å²) in [5, 5.41) is 9.01. The summed E-state index contributed by atoms with van der Waals surface area (Å²) in [5.74, 6) is -1.29. The zero-order valence-corrected chi connectivity index (χ0v) is 12.3. The van der Waals surface area contributed by atoms with E-state index < -0.39 is 22.0 Å². The number of nitrogens with zero attached hydrogens (tertiary/aromatic N) is 1. The van der Waals surface area contributed by atoms with Gasteiger partial charge >= 0.3 is 5.97 Å². The van der Waals surface area contributed by atoms with Gasteiger partial charge in [-0.3, -0.25) is 4.79 Å². The van der Waals surface area contributed by atoms with Gasteiger partial charge in [-0.05, 0) is 18.9 Å². The van der Waals surface area contributed by atoms with Crippen molar-refractivity contribution in [3.63, 3.8) is 0 Å². The summed E-state index contributed by atoms with van der Waals surface area (Å²) in [5.41, 5.74) is 0. The topological polar surface area (TPSA) is 106 Å². The molecule has 0 aliphatic heterocycles. The van der Waals surface area contributed by atoms with E-state index in [1.165, 1.54) is 12.1 Å². The Morgan fingerprint density at radius 2 is 2.10 bits per heavy atom. The van der Waals surface area contributed by atoms with Crippen LogP contribution in [0.4, 0.5) is 0 Å². The summed E-state index contributed by atoms with van der Waals surface area (Å²) in [4.78, 5) is 14.8. The highest BCUT2D eigenvalue weighted by Crippen LogP contribution is 2.14. The van der Waals surface area contributed by atoms with Gasteiger partial charge in [0, 0.05) is 6.07 Å². The molecule has 20 heavy (non-hydrogen) atoms.